The minimum absolute atomic E-state index is 0.00638. The van der Waals surface area contributed by atoms with Crippen molar-refractivity contribution >= 4 is 23.2 Å². The Hall–Kier alpha value is -3.42. The van der Waals surface area contributed by atoms with E-state index in [1.54, 1.807) is 38.2 Å². The second-order valence-corrected chi connectivity index (χ2v) is 6.69. The number of likely N-dealkylation sites (N-methyl/N-ethyl adjacent to an activating group) is 1. The van der Waals surface area contributed by atoms with E-state index in [1.165, 1.54) is 17.0 Å². The number of hydrogen-bond donors (Lipinski definition) is 1. The van der Waals surface area contributed by atoms with Crippen LogP contribution in [0.5, 0.6) is 5.75 Å². The number of nitrogens with one attached hydrogen (secondary N) is 1. The Balaban J connectivity index is 1.62. The van der Waals surface area contributed by atoms with Gasteiger partial charge in [-0.3, -0.25) is 19.7 Å². The summed E-state index contributed by atoms with van der Waals surface area (Å²) in [6, 6.07) is 11.2. The molecule has 0 unspecified atom stereocenters. The van der Waals surface area contributed by atoms with Crippen LogP contribution in [0.1, 0.15) is 30.5 Å². The Bertz CT molecular complexity index is 928. The number of ether oxygens (including phenoxy) is 1. The van der Waals surface area contributed by atoms with Crippen LogP contribution in [-0.4, -0.2) is 35.3 Å². The topological polar surface area (TPSA) is 102 Å². The molecule has 28 heavy (non-hydrogen) atoms. The molecule has 1 atom stereocenters. The van der Waals surface area contributed by atoms with Gasteiger partial charge < -0.3 is 15.0 Å². The zero-order valence-corrected chi connectivity index (χ0v) is 15.7. The van der Waals surface area contributed by atoms with Crippen molar-refractivity contribution in [3.05, 3.63) is 63.7 Å². The summed E-state index contributed by atoms with van der Waals surface area (Å²) in [4.78, 5) is 35.9. The van der Waals surface area contributed by atoms with Crippen molar-refractivity contribution in [1.29, 1.82) is 0 Å². The van der Waals surface area contributed by atoms with Crippen molar-refractivity contribution < 1.29 is 19.2 Å². The lowest BCUT2D eigenvalue weighted by atomic mass is 10.0. The molecule has 0 saturated carbocycles. The number of nitro benzene ring substituents is 1. The van der Waals surface area contributed by atoms with E-state index in [0.717, 1.165) is 11.3 Å². The molecular formula is C20H21N3O5. The van der Waals surface area contributed by atoms with Gasteiger partial charge >= 0.3 is 0 Å². The molecule has 0 saturated heterocycles. The fourth-order valence-corrected chi connectivity index (χ4v) is 3.03. The largest absolute Gasteiger partial charge is 0.484 e. The molecule has 0 aromatic heterocycles. The van der Waals surface area contributed by atoms with Gasteiger partial charge in [0.1, 0.15) is 5.75 Å². The third kappa shape index (κ3) is 4.28. The van der Waals surface area contributed by atoms with E-state index in [2.05, 4.69) is 5.32 Å². The highest BCUT2D eigenvalue weighted by Crippen LogP contribution is 2.27. The molecule has 0 fully saturated rings. The SMILES string of the molecule is C[C@H](c1cccc([N+](=O)[O-])c1)N(C)C(=O)COc1ccc2c(c1)CCC(=O)N2. The van der Waals surface area contributed by atoms with Crippen LogP contribution in [0.3, 0.4) is 0 Å². The normalized spacial score (nSPS) is 13.9. The average Bonchev–Trinajstić information content (AvgIpc) is 2.70. The smallest absolute Gasteiger partial charge is 0.269 e. The van der Waals surface area contributed by atoms with Gasteiger partial charge in [0.25, 0.3) is 11.6 Å². The van der Waals surface area contributed by atoms with Crippen molar-refractivity contribution in [1.82, 2.24) is 4.90 Å². The summed E-state index contributed by atoms with van der Waals surface area (Å²) in [5.74, 6) is 0.304. The minimum Gasteiger partial charge on any atom is -0.484 e. The van der Waals surface area contributed by atoms with E-state index in [0.29, 0.717) is 24.2 Å². The highest BCUT2D eigenvalue weighted by molar-refractivity contribution is 5.94. The molecule has 0 radical (unpaired) electrons. The van der Waals surface area contributed by atoms with Crippen LogP contribution < -0.4 is 10.1 Å². The molecule has 8 nitrogen and oxygen atoms in total. The fourth-order valence-electron chi connectivity index (χ4n) is 3.03. The van der Waals surface area contributed by atoms with Crippen LogP contribution in [0.2, 0.25) is 0 Å². The number of rotatable bonds is 6. The maximum atomic E-state index is 12.5. The van der Waals surface area contributed by atoms with Gasteiger partial charge in [-0.15, -0.1) is 0 Å². The predicted molar refractivity (Wildman–Crippen MR) is 103 cm³/mol. The van der Waals surface area contributed by atoms with Crippen molar-refractivity contribution in [3.63, 3.8) is 0 Å². The van der Waals surface area contributed by atoms with E-state index >= 15 is 0 Å². The molecule has 1 aliphatic rings. The number of aryl methyl sites for hydroxylation is 1. The number of fused-ring (bicyclic) bond motifs is 1. The van der Waals surface area contributed by atoms with Gasteiger partial charge in [0.15, 0.2) is 6.61 Å². The van der Waals surface area contributed by atoms with Crippen molar-refractivity contribution in [2.45, 2.75) is 25.8 Å². The third-order valence-electron chi connectivity index (χ3n) is 4.87. The average molecular weight is 383 g/mol. The summed E-state index contributed by atoms with van der Waals surface area (Å²) in [6.45, 7) is 1.65. The molecule has 1 heterocycles. The van der Waals surface area contributed by atoms with Gasteiger partial charge in [-0.2, -0.15) is 0 Å². The molecule has 2 aromatic rings. The lowest BCUT2D eigenvalue weighted by molar-refractivity contribution is -0.384. The molecule has 2 aromatic carbocycles. The molecule has 0 spiro atoms. The minimum atomic E-state index is -0.459. The Labute approximate surface area is 162 Å². The highest BCUT2D eigenvalue weighted by atomic mass is 16.6. The first kappa shape index (κ1) is 19.3. The molecule has 1 aliphatic heterocycles. The first-order valence-corrected chi connectivity index (χ1v) is 8.90. The summed E-state index contributed by atoms with van der Waals surface area (Å²) >= 11 is 0. The van der Waals surface area contributed by atoms with Crippen LogP contribution in [0.4, 0.5) is 11.4 Å². The Morgan fingerprint density at radius 3 is 2.82 bits per heavy atom. The van der Waals surface area contributed by atoms with Gasteiger partial charge in [-0.05, 0) is 42.7 Å². The van der Waals surface area contributed by atoms with Crippen LogP contribution >= 0.6 is 0 Å². The number of nitrogens with zero attached hydrogens (tertiary/aromatic N) is 2. The van der Waals surface area contributed by atoms with E-state index in [4.69, 9.17) is 4.74 Å². The molecule has 146 valence electrons. The van der Waals surface area contributed by atoms with Crippen LogP contribution in [0.15, 0.2) is 42.5 Å². The summed E-state index contributed by atoms with van der Waals surface area (Å²) < 4.78 is 5.62. The Kier molecular flexibility index (Phi) is 5.58. The number of amides is 2. The first-order chi connectivity index (χ1) is 13.3. The van der Waals surface area contributed by atoms with Gasteiger partial charge in [0.05, 0.1) is 11.0 Å². The lowest BCUT2D eigenvalue weighted by Gasteiger charge is -2.25. The first-order valence-electron chi connectivity index (χ1n) is 8.90. The standard InChI is InChI=1S/C20H21N3O5/c1-13(14-4-3-5-16(10-14)23(26)27)22(2)20(25)12-28-17-7-8-18-15(11-17)6-9-19(24)21-18/h3-5,7-8,10-11,13H,6,9,12H2,1-2H3,(H,21,24)/t13-/m1/s1. The molecular weight excluding hydrogens is 362 g/mol. The number of nitro groups is 1. The molecule has 0 aliphatic carbocycles. The molecule has 1 N–H and O–H groups in total. The van der Waals surface area contributed by atoms with Gasteiger partial charge in [0.2, 0.25) is 5.91 Å². The number of carbonyl (C=O) groups is 2. The monoisotopic (exact) mass is 383 g/mol. The van der Waals surface area contributed by atoms with Crippen molar-refractivity contribution in [3.8, 4) is 5.75 Å². The number of hydrogen-bond acceptors (Lipinski definition) is 5. The molecule has 0 bridgehead atoms. The maximum absolute atomic E-state index is 12.5. The Morgan fingerprint density at radius 1 is 1.29 bits per heavy atom. The molecule has 3 rings (SSSR count). The summed E-state index contributed by atoms with van der Waals surface area (Å²) in [7, 11) is 1.64. The van der Waals surface area contributed by atoms with Crippen molar-refractivity contribution in [2.24, 2.45) is 0 Å². The summed E-state index contributed by atoms with van der Waals surface area (Å²) in [6.07, 6.45) is 1.06. The predicted octanol–water partition coefficient (Wildman–Crippen LogP) is 3.08. The van der Waals surface area contributed by atoms with Crippen LogP contribution in [-0.2, 0) is 16.0 Å². The van der Waals surface area contributed by atoms with Crippen molar-refractivity contribution in [2.75, 3.05) is 19.0 Å². The molecule has 8 heteroatoms. The van der Waals surface area contributed by atoms with Crippen LogP contribution in [0, 0.1) is 10.1 Å². The number of anilines is 1. The quantitative estimate of drug-likeness (QED) is 0.610. The zero-order chi connectivity index (χ0) is 20.3. The summed E-state index contributed by atoms with van der Waals surface area (Å²) in [5.41, 5.74) is 2.41. The summed E-state index contributed by atoms with van der Waals surface area (Å²) in [5, 5.41) is 13.7. The van der Waals surface area contributed by atoms with E-state index in [1.807, 2.05) is 6.07 Å². The number of non-ortho nitro benzene ring substituents is 1. The van der Waals surface area contributed by atoms with E-state index in [-0.39, 0.29) is 30.2 Å². The second-order valence-electron chi connectivity index (χ2n) is 6.69. The van der Waals surface area contributed by atoms with Gasteiger partial charge in [0, 0.05) is 31.3 Å². The maximum Gasteiger partial charge on any atom is 0.269 e. The third-order valence-corrected chi connectivity index (χ3v) is 4.87. The van der Waals surface area contributed by atoms with E-state index < -0.39 is 4.92 Å². The van der Waals surface area contributed by atoms with Gasteiger partial charge in [-0.25, -0.2) is 0 Å². The number of benzene rings is 2. The molecule has 2 amide bonds. The fraction of sp³-hybridized carbons (Fsp3) is 0.300. The van der Waals surface area contributed by atoms with Gasteiger partial charge in [-0.1, -0.05) is 12.1 Å². The second kappa shape index (κ2) is 8.08. The lowest BCUT2D eigenvalue weighted by Crippen LogP contribution is -2.33. The Morgan fingerprint density at radius 2 is 2.07 bits per heavy atom. The number of carbonyl (C=O) groups excluding carboxylic acids is 2. The van der Waals surface area contributed by atoms with E-state index in [9.17, 15) is 19.7 Å². The highest BCUT2D eigenvalue weighted by Gasteiger charge is 2.20. The zero-order valence-electron chi connectivity index (χ0n) is 15.7. The van der Waals surface area contributed by atoms with Crippen LogP contribution in [0.25, 0.3) is 0 Å².